The van der Waals surface area contributed by atoms with E-state index in [0.29, 0.717) is 6.42 Å². The van der Waals surface area contributed by atoms with Crippen LogP contribution in [0.2, 0.25) is 0 Å². The third kappa shape index (κ3) is 4.31. The Hall–Kier alpha value is -2.08. The van der Waals surface area contributed by atoms with Crippen LogP contribution in [0.5, 0.6) is 0 Å². The van der Waals surface area contributed by atoms with Crippen molar-refractivity contribution in [3.8, 4) is 0 Å². The van der Waals surface area contributed by atoms with Gasteiger partial charge in [-0.05, 0) is 24.8 Å². The molecule has 0 aliphatic carbocycles. The molecule has 1 aromatic carbocycles. The molecule has 0 bridgehead atoms. The summed E-state index contributed by atoms with van der Waals surface area (Å²) >= 11 is 0. The molecule has 1 N–H and O–H groups in total. The van der Waals surface area contributed by atoms with Crippen LogP contribution in [-0.2, 0) is 16.1 Å². The molecule has 2 rings (SSSR count). The lowest BCUT2D eigenvalue weighted by Crippen LogP contribution is -2.49. The van der Waals surface area contributed by atoms with E-state index in [1.807, 2.05) is 51.1 Å². The van der Waals surface area contributed by atoms with Crippen LogP contribution in [0.3, 0.4) is 0 Å². The van der Waals surface area contributed by atoms with E-state index in [1.54, 1.807) is 11.9 Å². The smallest absolute Gasteiger partial charge is 0.410 e. The number of aliphatic hydroxyl groups is 1. The summed E-state index contributed by atoms with van der Waals surface area (Å²) in [7, 11) is 1.59. The Morgan fingerprint density at radius 3 is 2.56 bits per heavy atom. The van der Waals surface area contributed by atoms with Gasteiger partial charge >= 0.3 is 6.09 Å². The second-order valence-electron chi connectivity index (χ2n) is 6.99. The highest BCUT2D eigenvalue weighted by Gasteiger charge is 2.44. The predicted molar refractivity (Wildman–Crippen MR) is 94.8 cm³/mol. The van der Waals surface area contributed by atoms with Gasteiger partial charge in [-0.15, -0.1) is 0 Å². The third-order valence-corrected chi connectivity index (χ3v) is 4.85. The summed E-state index contributed by atoms with van der Waals surface area (Å²) in [6, 6.07) is 8.62. The summed E-state index contributed by atoms with van der Waals surface area (Å²) in [5.41, 5.74) is 0.900. The highest BCUT2D eigenvalue weighted by molar-refractivity contribution is 5.88. The molecule has 138 valence electrons. The lowest BCUT2D eigenvalue weighted by Gasteiger charge is -2.33. The van der Waals surface area contributed by atoms with E-state index < -0.39 is 12.1 Å². The summed E-state index contributed by atoms with van der Waals surface area (Å²) in [6.45, 7) is 6.00. The minimum absolute atomic E-state index is 0.0265. The van der Waals surface area contributed by atoms with Crippen molar-refractivity contribution in [3.05, 3.63) is 35.9 Å². The molecule has 1 aliphatic rings. The van der Waals surface area contributed by atoms with Gasteiger partial charge in [0, 0.05) is 13.1 Å². The number of nitrogens with zero attached hydrogens (tertiary/aromatic N) is 2. The van der Waals surface area contributed by atoms with Crippen molar-refractivity contribution in [2.45, 2.75) is 51.9 Å². The molecule has 0 saturated carbocycles. The van der Waals surface area contributed by atoms with Gasteiger partial charge in [-0.3, -0.25) is 9.69 Å². The lowest BCUT2D eigenvalue weighted by atomic mass is 10.0. The maximum Gasteiger partial charge on any atom is 0.410 e. The summed E-state index contributed by atoms with van der Waals surface area (Å²) in [6.07, 6.45) is 0.0280. The maximum absolute atomic E-state index is 12.8. The Labute approximate surface area is 149 Å². The van der Waals surface area contributed by atoms with E-state index in [0.717, 1.165) is 5.56 Å². The van der Waals surface area contributed by atoms with Crippen molar-refractivity contribution < 1.29 is 19.4 Å². The van der Waals surface area contributed by atoms with Crippen molar-refractivity contribution in [2.24, 2.45) is 5.92 Å². The number of rotatable bonds is 6. The Bertz CT molecular complexity index is 590. The number of likely N-dealkylation sites (N-methyl/N-ethyl adjacent to an activating group) is 1. The van der Waals surface area contributed by atoms with Crippen LogP contribution in [0.15, 0.2) is 30.3 Å². The number of hydrogen-bond acceptors (Lipinski definition) is 4. The quantitative estimate of drug-likeness (QED) is 0.856. The van der Waals surface area contributed by atoms with Gasteiger partial charge in [0.2, 0.25) is 5.91 Å². The Morgan fingerprint density at radius 1 is 1.36 bits per heavy atom. The van der Waals surface area contributed by atoms with E-state index in [2.05, 4.69) is 0 Å². The van der Waals surface area contributed by atoms with Crippen LogP contribution in [0.25, 0.3) is 0 Å². The molecule has 0 radical (unpaired) electrons. The number of hydrogen-bond donors (Lipinski definition) is 1. The van der Waals surface area contributed by atoms with E-state index >= 15 is 0 Å². The van der Waals surface area contributed by atoms with Crippen LogP contribution < -0.4 is 0 Å². The largest absolute Gasteiger partial charge is 0.445 e. The van der Waals surface area contributed by atoms with Crippen molar-refractivity contribution >= 4 is 12.0 Å². The molecule has 25 heavy (non-hydrogen) atoms. The molecule has 1 saturated heterocycles. The van der Waals surface area contributed by atoms with Crippen molar-refractivity contribution in [2.75, 3.05) is 13.7 Å². The monoisotopic (exact) mass is 348 g/mol. The summed E-state index contributed by atoms with van der Waals surface area (Å²) < 4.78 is 5.32. The third-order valence-electron chi connectivity index (χ3n) is 4.85. The summed E-state index contributed by atoms with van der Waals surface area (Å²) in [4.78, 5) is 28.2. The fourth-order valence-electron chi connectivity index (χ4n) is 3.31. The molecule has 0 spiro atoms. The fourth-order valence-corrected chi connectivity index (χ4v) is 3.31. The summed E-state index contributed by atoms with van der Waals surface area (Å²) in [5.74, 6) is 0.0184. The van der Waals surface area contributed by atoms with E-state index in [1.165, 1.54) is 4.90 Å². The van der Waals surface area contributed by atoms with E-state index in [-0.39, 0.29) is 37.1 Å². The van der Waals surface area contributed by atoms with Crippen LogP contribution in [0.4, 0.5) is 4.79 Å². The molecule has 1 fully saturated rings. The number of benzene rings is 1. The lowest BCUT2D eigenvalue weighted by molar-refractivity contribution is -0.136. The summed E-state index contributed by atoms with van der Waals surface area (Å²) in [5, 5.41) is 9.64. The first kappa shape index (κ1) is 19.2. The highest BCUT2D eigenvalue weighted by atomic mass is 16.6. The number of ether oxygens (including phenoxy) is 1. The first-order valence-electron chi connectivity index (χ1n) is 8.73. The molecule has 0 aromatic heterocycles. The molecular weight excluding hydrogens is 320 g/mol. The average molecular weight is 348 g/mol. The van der Waals surface area contributed by atoms with Gasteiger partial charge in [-0.25, -0.2) is 4.79 Å². The first-order valence-corrected chi connectivity index (χ1v) is 8.73. The van der Waals surface area contributed by atoms with E-state index in [4.69, 9.17) is 4.74 Å². The SMILES string of the molecule is CC(C)[C@@H](CO)N1C(=O)[C@@H](N(C)C(=O)OCc2ccccc2)CC1C. The molecule has 1 aromatic rings. The number of amides is 2. The van der Waals surface area contributed by atoms with Crippen LogP contribution in [0, 0.1) is 5.92 Å². The standard InChI is InChI=1S/C19H28N2O4/c1-13(2)17(11-22)21-14(3)10-16(18(21)23)20(4)19(24)25-12-15-8-6-5-7-9-15/h5-9,13-14,16-17,22H,10-12H2,1-4H3/t14?,16-,17+/m0/s1. The molecule has 1 unspecified atom stereocenters. The maximum atomic E-state index is 12.8. The fraction of sp³-hybridized carbons (Fsp3) is 0.579. The minimum Gasteiger partial charge on any atom is -0.445 e. The second kappa shape index (κ2) is 8.34. The van der Waals surface area contributed by atoms with Gasteiger partial charge in [-0.2, -0.15) is 0 Å². The highest BCUT2D eigenvalue weighted by Crippen LogP contribution is 2.28. The Morgan fingerprint density at radius 2 is 2.00 bits per heavy atom. The normalized spacial score (nSPS) is 21.5. The van der Waals surface area contributed by atoms with Gasteiger partial charge in [0.1, 0.15) is 12.6 Å². The Balaban J connectivity index is 2.00. The Kier molecular flexibility index (Phi) is 6.42. The zero-order chi connectivity index (χ0) is 18.6. The van der Waals surface area contributed by atoms with Crippen molar-refractivity contribution in [3.63, 3.8) is 0 Å². The number of carbonyl (C=O) groups excluding carboxylic acids is 2. The molecule has 2 amide bonds. The topological polar surface area (TPSA) is 70.1 Å². The van der Waals surface area contributed by atoms with Gasteiger partial charge in [-0.1, -0.05) is 44.2 Å². The van der Waals surface area contributed by atoms with Gasteiger partial charge in [0.05, 0.1) is 12.6 Å². The van der Waals surface area contributed by atoms with Crippen molar-refractivity contribution in [1.82, 2.24) is 9.80 Å². The van der Waals surface area contributed by atoms with Gasteiger partial charge in [0.15, 0.2) is 0 Å². The molecule has 6 nitrogen and oxygen atoms in total. The number of likely N-dealkylation sites (tertiary alicyclic amines) is 1. The van der Waals surface area contributed by atoms with Crippen molar-refractivity contribution in [1.29, 1.82) is 0 Å². The number of aliphatic hydroxyl groups excluding tert-OH is 1. The molecule has 1 heterocycles. The van der Waals surface area contributed by atoms with Gasteiger partial charge < -0.3 is 14.7 Å². The van der Waals surface area contributed by atoms with Crippen LogP contribution >= 0.6 is 0 Å². The molecule has 6 heteroatoms. The number of carbonyl (C=O) groups is 2. The minimum atomic E-state index is -0.550. The molecule has 1 aliphatic heterocycles. The zero-order valence-corrected chi connectivity index (χ0v) is 15.4. The molecule has 3 atom stereocenters. The van der Waals surface area contributed by atoms with Gasteiger partial charge in [0.25, 0.3) is 0 Å². The van der Waals surface area contributed by atoms with Crippen LogP contribution in [0.1, 0.15) is 32.8 Å². The average Bonchev–Trinajstić information content (AvgIpc) is 2.89. The van der Waals surface area contributed by atoms with E-state index in [9.17, 15) is 14.7 Å². The first-order chi connectivity index (χ1) is 11.9. The predicted octanol–water partition coefficient (Wildman–Crippen LogP) is 2.26. The second-order valence-corrected chi connectivity index (χ2v) is 6.99. The molecular formula is C19H28N2O4. The zero-order valence-electron chi connectivity index (χ0n) is 15.4. The van der Waals surface area contributed by atoms with Crippen LogP contribution in [-0.4, -0.2) is 58.7 Å².